The lowest BCUT2D eigenvalue weighted by Crippen LogP contribution is -2.35. The predicted octanol–water partition coefficient (Wildman–Crippen LogP) is 2.17. The van der Waals surface area contributed by atoms with Gasteiger partial charge in [-0.25, -0.2) is 9.97 Å². The number of aryl methyl sites for hydroxylation is 2. The molecule has 1 saturated heterocycles. The fourth-order valence-corrected chi connectivity index (χ4v) is 2.75. The maximum absolute atomic E-state index is 4.60. The summed E-state index contributed by atoms with van der Waals surface area (Å²) in [5.41, 5.74) is 1.15. The Kier molecular flexibility index (Phi) is 5.14. The number of anilines is 1. The Morgan fingerprint density at radius 3 is 2.68 bits per heavy atom. The van der Waals surface area contributed by atoms with E-state index in [0.29, 0.717) is 0 Å². The van der Waals surface area contributed by atoms with Crippen molar-refractivity contribution in [3.05, 3.63) is 17.6 Å². The normalized spacial score (nSPS) is 16.9. The highest BCUT2D eigenvalue weighted by atomic mass is 15.2. The lowest BCUT2D eigenvalue weighted by Gasteiger charge is -2.33. The Hall–Kier alpha value is -1.16. The summed E-state index contributed by atoms with van der Waals surface area (Å²) in [4.78, 5) is 11.5. The first-order valence-electron chi connectivity index (χ1n) is 7.47. The summed E-state index contributed by atoms with van der Waals surface area (Å²) >= 11 is 0. The van der Waals surface area contributed by atoms with Gasteiger partial charge in [0.15, 0.2) is 0 Å². The molecular weight excluding hydrogens is 236 g/mol. The van der Waals surface area contributed by atoms with E-state index in [9.17, 15) is 0 Å². The van der Waals surface area contributed by atoms with Crippen LogP contribution in [-0.4, -0.2) is 36.6 Å². The van der Waals surface area contributed by atoms with Crippen molar-refractivity contribution >= 4 is 5.82 Å². The SMILES string of the molecule is CCc1cc(N2CCC(CCNC)CC2)nc(C)n1. The molecule has 1 aromatic heterocycles. The molecule has 1 aliphatic heterocycles. The van der Waals surface area contributed by atoms with Crippen LogP contribution in [0.3, 0.4) is 0 Å². The first-order chi connectivity index (χ1) is 9.22. The van der Waals surface area contributed by atoms with E-state index in [0.717, 1.165) is 49.3 Å². The zero-order valence-electron chi connectivity index (χ0n) is 12.4. The van der Waals surface area contributed by atoms with E-state index in [2.05, 4.69) is 33.2 Å². The number of hydrogen-bond acceptors (Lipinski definition) is 4. The van der Waals surface area contributed by atoms with Gasteiger partial charge in [-0.15, -0.1) is 0 Å². The Morgan fingerprint density at radius 1 is 1.32 bits per heavy atom. The Morgan fingerprint density at radius 2 is 2.05 bits per heavy atom. The third kappa shape index (κ3) is 3.90. The molecule has 0 aliphatic carbocycles. The van der Waals surface area contributed by atoms with Crippen LogP contribution in [0.4, 0.5) is 5.82 Å². The third-order valence-electron chi connectivity index (χ3n) is 3.98. The van der Waals surface area contributed by atoms with E-state index >= 15 is 0 Å². The smallest absolute Gasteiger partial charge is 0.132 e. The summed E-state index contributed by atoms with van der Waals surface area (Å²) in [6.07, 6.45) is 4.85. The molecule has 0 unspecified atom stereocenters. The zero-order valence-corrected chi connectivity index (χ0v) is 12.4. The van der Waals surface area contributed by atoms with Gasteiger partial charge < -0.3 is 10.2 Å². The maximum atomic E-state index is 4.60. The van der Waals surface area contributed by atoms with E-state index in [1.807, 2.05) is 14.0 Å². The summed E-state index contributed by atoms with van der Waals surface area (Å²) in [5, 5.41) is 3.25. The van der Waals surface area contributed by atoms with Gasteiger partial charge in [0.05, 0.1) is 0 Å². The largest absolute Gasteiger partial charge is 0.356 e. The molecule has 0 amide bonds. The molecule has 1 aromatic rings. The van der Waals surface area contributed by atoms with Gasteiger partial charge in [0, 0.05) is 24.8 Å². The second kappa shape index (κ2) is 6.85. The first kappa shape index (κ1) is 14.3. The molecule has 0 spiro atoms. The van der Waals surface area contributed by atoms with Gasteiger partial charge in [-0.2, -0.15) is 0 Å². The van der Waals surface area contributed by atoms with Crippen molar-refractivity contribution in [3.8, 4) is 0 Å². The second-order valence-electron chi connectivity index (χ2n) is 5.44. The molecule has 1 aliphatic rings. The van der Waals surface area contributed by atoms with Crippen LogP contribution < -0.4 is 10.2 Å². The zero-order chi connectivity index (χ0) is 13.7. The number of nitrogens with one attached hydrogen (secondary N) is 1. The minimum atomic E-state index is 0.872. The van der Waals surface area contributed by atoms with Crippen molar-refractivity contribution in [3.63, 3.8) is 0 Å². The average Bonchev–Trinajstić information content (AvgIpc) is 2.45. The van der Waals surface area contributed by atoms with Gasteiger partial charge >= 0.3 is 0 Å². The van der Waals surface area contributed by atoms with Gasteiger partial charge in [0.1, 0.15) is 11.6 Å². The quantitative estimate of drug-likeness (QED) is 0.883. The molecule has 19 heavy (non-hydrogen) atoms. The molecule has 4 nitrogen and oxygen atoms in total. The minimum absolute atomic E-state index is 0.872. The van der Waals surface area contributed by atoms with E-state index in [-0.39, 0.29) is 0 Å². The van der Waals surface area contributed by atoms with E-state index < -0.39 is 0 Å². The van der Waals surface area contributed by atoms with Gasteiger partial charge in [0.25, 0.3) is 0 Å². The Bertz CT molecular complexity index is 397. The molecular formula is C15H26N4. The van der Waals surface area contributed by atoms with Crippen LogP contribution in [0.1, 0.15) is 37.7 Å². The van der Waals surface area contributed by atoms with Crippen molar-refractivity contribution in [2.75, 3.05) is 31.6 Å². The molecule has 106 valence electrons. The fourth-order valence-electron chi connectivity index (χ4n) is 2.75. The molecule has 1 N–H and O–H groups in total. The summed E-state index contributed by atoms with van der Waals surface area (Å²) in [5.74, 6) is 2.89. The minimum Gasteiger partial charge on any atom is -0.356 e. The van der Waals surface area contributed by atoms with Crippen LogP contribution in [0.15, 0.2) is 6.07 Å². The topological polar surface area (TPSA) is 41.0 Å². The third-order valence-corrected chi connectivity index (χ3v) is 3.98. The van der Waals surface area contributed by atoms with Crippen molar-refractivity contribution in [1.29, 1.82) is 0 Å². The van der Waals surface area contributed by atoms with Crippen molar-refractivity contribution in [1.82, 2.24) is 15.3 Å². The standard InChI is InChI=1S/C15H26N4/c1-4-14-11-15(18-12(2)17-14)19-9-6-13(7-10-19)5-8-16-3/h11,13,16H,4-10H2,1-3H3. The second-order valence-corrected chi connectivity index (χ2v) is 5.44. The first-order valence-corrected chi connectivity index (χ1v) is 7.47. The number of piperidine rings is 1. The van der Waals surface area contributed by atoms with Gasteiger partial charge in [-0.05, 0) is 52.1 Å². The molecule has 2 heterocycles. The highest BCUT2D eigenvalue weighted by molar-refractivity contribution is 5.40. The van der Waals surface area contributed by atoms with Crippen LogP contribution >= 0.6 is 0 Å². The van der Waals surface area contributed by atoms with Crippen LogP contribution in [0.25, 0.3) is 0 Å². The lowest BCUT2D eigenvalue weighted by atomic mass is 9.93. The molecule has 0 bridgehead atoms. The van der Waals surface area contributed by atoms with Crippen LogP contribution in [-0.2, 0) is 6.42 Å². The van der Waals surface area contributed by atoms with E-state index in [1.165, 1.54) is 19.3 Å². The van der Waals surface area contributed by atoms with Crippen LogP contribution in [0, 0.1) is 12.8 Å². The van der Waals surface area contributed by atoms with E-state index in [1.54, 1.807) is 0 Å². The Labute approximate surface area is 116 Å². The van der Waals surface area contributed by atoms with Gasteiger partial charge in [-0.3, -0.25) is 0 Å². The highest BCUT2D eigenvalue weighted by Crippen LogP contribution is 2.24. The average molecular weight is 262 g/mol. The lowest BCUT2D eigenvalue weighted by molar-refractivity contribution is 0.377. The number of rotatable bonds is 5. The monoisotopic (exact) mass is 262 g/mol. The number of aromatic nitrogens is 2. The van der Waals surface area contributed by atoms with Crippen molar-refractivity contribution < 1.29 is 0 Å². The predicted molar refractivity (Wildman–Crippen MR) is 79.6 cm³/mol. The molecule has 0 aromatic carbocycles. The van der Waals surface area contributed by atoms with E-state index in [4.69, 9.17) is 0 Å². The summed E-state index contributed by atoms with van der Waals surface area (Å²) in [7, 11) is 2.03. The number of nitrogens with zero attached hydrogens (tertiary/aromatic N) is 3. The summed E-state index contributed by atoms with van der Waals surface area (Å²) in [6.45, 7) is 7.54. The highest BCUT2D eigenvalue weighted by Gasteiger charge is 2.20. The maximum Gasteiger partial charge on any atom is 0.132 e. The van der Waals surface area contributed by atoms with Gasteiger partial charge in [0.2, 0.25) is 0 Å². The molecule has 0 atom stereocenters. The Balaban J connectivity index is 1.95. The summed E-state index contributed by atoms with van der Waals surface area (Å²) in [6, 6.07) is 2.15. The fraction of sp³-hybridized carbons (Fsp3) is 0.733. The molecule has 0 saturated carbocycles. The van der Waals surface area contributed by atoms with Gasteiger partial charge in [-0.1, -0.05) is 6.92 Å². The van der Waals surface area contributed by atoms with Crippen molar-refractivity contribution in [2.45, 2.75) is 39.5 Å². The van der Waals surface area contributed by atoms with Crippen LogP contribution in [0.5, 0.6) is 0 Å². The molecule has 0 radical (unpaired) electrons. The molecule has 4 heteroatoms. The number of hydrogen-bond donors (Lipinski definition) is 1. The summed E-state index contributed by atoms with van der Waals surface area (Å²) < 4.78 is 0. The molecule has 2 rings (SSSR count). The molecule has 1 fully saturated rings. The van der Waals surface area contributed by atoms with Crippen molar-refractivity contribution in [2.24, 2.45) is 5.92 Å². The van der Waals surface area contributed by atoms with Crippen LogP contribution in [0.2, 0.25) is 0 Å².